The first kappa shape index (κ1) is 32.4. The Labute approximate surface area is 326 Å². The molecule has 0 atom stereocenters. The molecule has 0 radical (unpaired) electrons. The lowest BCUT2D eigenvalue weighted by molar-refractivity contribution is 0.661. The van der Waals surface area contributed by atoms with Crippen LogP contribution in [0.5, 0.6) is 0 Å². The van der Waals surface area contributed by atoms with E-state index in [-0.39, 0.29) is 10.8 Å². The van der Waals surface area contributed by atoms with Crippen molar-refractivity contribution in [2.24, 2.45) is 0 Å². The number of hydrogen-bond donors (Lipinski definition) is 0. The summed E-state index contributed by atoms with van der Waals surface area (Å²) >= 11 is 0. The molecule has 0 aromatic heterocycles. The largest absolute Gasteiger partial charge is 0.192 e. The highest BCUT2D eigenvalue weighted by Gasteiger charge is 2.40. The van der Waals surface area contributed by atoms with Crippen LogP contribution in [0, 0.1) is 22.7 Å². The average Bonchev–Trinajstić information content (AvgIpc) is 3.60. The van der Waals surface area contributed by atoms with Gasteiger partial charge in [-0.2, -0.15) is 10.5 Å². The zero-order chi connectivity index (χ0) is 38.1. The topological polar surface area (TPSA) is 47.6 Å². The quantitative estimate of drug-likeness (QED) is 0.168. The highest BCUT2D eigenvalue weighted by atomic mass is 14.4. The van der Waals surface area contributed by atoms with Crippen LogP contribution in [0.1, 0.15) is 61.1 Å². The average molecular weight is 713 g/mol. The fraction of sp³-hybridized carbons (Fsp3) is 0.111. The van der Waals surface area contributed by atoms with Crippen molar-refractivity contribution in [1.29, 1.82) is 10.5 Å². The number of hydrogen-bond acceptors (Lipinski definition) is 2. The Morgan fingerprint density at radius 2 is 0.696 bits per heavy atom. The summed E-state index contributed by atoms with van der Waals surface area (Å²) in [5, 5.41) is 29.8. The van der Waals surface area contributed by atoms with Crippen LogP contribution in [0.4, 0.5) is 0 Å². The molecule has 2 aliphatic rings. The summed E-state index contributed by atoms with van der Waals surface area (Å²) in [6.07, 6.45) is 0. The molecule has 2 heteroatoms. The van der Waals surface area contributed by atoms with Crippen LogP contribution in [0.2, 0.25) is 0 Å². The van der Waals surface area contributed by atoms with Gasteiger partial charge in [0.05, 0.1) is 23.3 Å². The van der Waals surface area contributed by atoms with Crippen LogP contribution in [0.25, 0.3) is 87.6 Å². The van der Waals surface area contributed by atoms with Gasteiger partial charge in [0.25, 0.3) is 0 Å². The summed E-state index contributed by atoms with van der Waals surface area (Å²) < 4.78 is 0. The van der Waals surface area contributed by atoms with Gasteiger partial charge in [0.1, 0.15) is 0 Å². The highest BCUT2D eigenvalue weighted by molar-refractivity contribution is 6.25. The predicted molar refractivity (Wildman–Crippen MR) is 232 cm³/mol. The summed E-state index contributed by atoms with van der Waals surface area (Å²) in [7, 11) is 0. The maximum Gasteiger partial charge on any atom is 0.0998 e. The predicted octanol–water partition coefficient (Wildman–Crippen LogP) is 14.0. The molecule has 0 unspecified atom stereocenters. The first-order valence-corrected chi connectivity index (χ1v) is 19.4. The second kappa shape index (κ2) is 11.3. The van der Waals surface area contributed by atoms with Crippen molar-refractivity contribution in [3.63, 3.8) is 0 Å². The van der Waals surface area contributed by atoms with Crippen LogP contribution in [-0.4, -0.2) is 0 Å². The Kier molecular flexibility index (Phi) is 6.53. The lowest BCUT2D eigenvalue weighted by atomic mass is 9.77. The van der Waals surface area contributed by atoms with Gasteiger partial charge in [-0.15, -0.1) is 0 Å². The zero-order valence-corrected chi connectivity index (χ0v) is 31.8. The molecule has 11 rings (SSSR count). The summed E-state index contributed by atoms with van der Waals surface area (Å²) in [5.74, 6) is 0. The van der Waals surface area contributed by atoms with Gasteiger partial charge in [-0.05, 0) is 135 Å². The Hall–Kier alpha value is -7.00. The molecule has 9 aromatic carbocycles. The number of nitriles is 2. The lowest BCUT2D eigenvalue weighted by Crippen LogP contribution is -2.16. The van der Waals surface area contributed by atoms with Gasteiger partial charge < -0.3 is 0 Å². The van der Waals surface area contributed by atoms with Gasteiger partial charge in [0.2, 0.25) is 0 Å². The minimum Gasteiger partial charge on any atom is -0.192 e. The molecule has 0 fully saturated rings. The van der Waals surface area contributed by atoms with E-state index in [1.165, 1.54) is 88.3 Å². The van der Waals surface area contributed by atoms with Gasteiger partial charge in [-0.3, -0.25) is 0 Å². The minimum atomic E-state index is -0.329. The molecule has 0 amide bonds. The highest BCUT2D eigenvalue weighted by Crippen LogP contribution is 2.58. The Morgan fingerprint density at radius 1 is 0.339 bits per heavy atom. The standard InChI is InChI=1S/C54H36N2/c1-53(2)45-27-39-40-28-46-44(52-38-22-14-12-20-36(38)34(30-56)24-48(52)54(46,3)4)26-42(40)50(32-17-9-6-10-18-32)49(31-15-7-5-8-16-31)41(39)25-43(45)51-37-21-13-11-19-35(37)33(29-55)23-47(51)53/h5-28H,1-4H3. The third kappa shape index (κ3) is 4.14. The van der Waals surface area contributed by atoms with E-state index in [2.05, 4.69) is 173 Å². The molecule has 262 valence electrons. The zero-order valence-electron chi connectivity index (χ0n) is 31.8. The van der Waals surface area contributed by atoms with E-state index in [0.717, 1.165) is 32.7 Å². The molecule has 0 saturated heterocycles. The summed E-state index contributed by atoms with van der Waals surface area (Å²) in [4.78, 5) is 0. The number of fused-ring (bicyclic) bond motifs is 13. The van der Waals surface area contributed by atoms with Crippen LogP contribution in [0.3, 0.4) is 0 Å². The normalized spacial score (nSPS) is 14.3. The van der Waals surface area contributed by atoms with Crippen molar-refractivity contribution in [1.82, 2.24) is 0 Å². The molecule has 0 heterocycles. The second-order valence-electron chi connectivity index (χ2n) is 16.6. The maximum atomic E-state index is 10.3. The van der Waals surface area contributed by atoms with E-state index in [0.29, 0.717) is 0 Å². The fourth-order valence-electron chi connectivity index (χ4n) is 10.4. The SMILES string of the molecule is CC1(C)c2cc3c(cc2-c2c1cc(C#N)c1ccccc21)c(-c1ccccc1)c(-c1ccccc1)c1cc2c(cc13)C(C)(C)c1cc(C#N)c3ccccc3c1-2. The van der Waals surface area contributed by atoms with E-state index in [1.807, 2.05) is 12.1 Å². The smallest absolute Gasteiger partial charge is 0.0998 e. The Morgan fingerprint density at radius 3 is 1.07 bits per heavy atom. The van der Waals surface area contributed by atoms with Crippen molar-refractivity contribution in [2.45, 2.75) is 38.5 Å². The molecule has 0 saturated carbocycles. The third-order valence-corrected chi connectivity index (χ3v) is 13.1. The maximum absolute atomic E-state index is 10.3. The monoisotopic (exact) mass is 712 g/mol. The van der Waals surface area contributed by atoms with Crippen molar-refractivity contribution in [2.75, 3.05) is 0 Å². The van der Waals surface area contributed by atoms with Gasteiger partial charge in [-0.25, -0.2) is 0 Å². The van der Waals surface area contributed by atoms with Gasteiger partial charge in [0, 0.05) is 21.6 Å². The summed E-state index contributed by atoms with van der Waals surface area (Å²) in [6.45, 7) is 9.25. The Bertz CT molecular complexity index is 3070. The summed E-state index contributed by atoms with van der Waals surface area (Å²) in [5.41, 5.74) is 15.4. The summed E-state index contributed by atoms with van der Waals surface area (Å²) in [6, 6.07) is 57.7. The van der Waals surface area contributed by atoms with Crippen molar-refractivity contribution >= 4 is 43.1 Å². The molecule has 9 aromatic rings. The van der Waals surface area contributed by atoms with E-state index in [1.54, 1.807) is 0 Å². The van der Waals surface area contributed by atoms with Gasteiger partial charge >= 0.3 is 0 Å². The van der Waals surface area contributed by atoms with E-state index < -0.39 is 0 Å². The first-order chi connectivity index (χ1) is 27.2. The molecule has 0 N–H and O–H groups in total. The third-order valence-electron chi connectivity index (χ3n) is 13.1. The molecule has 2 nitrogen and oxygen atoms in total. The van der Waals surface area contributed by atoms with Crippen LogP contribution in [0.15, 0.2) is 146 Å². The number of rotatable bonds is 2. The first-order valence-electron chi connectivity index (χ1n) is 19.4. The molecular weight excluding hydrogens is 677 g/mol. The minimum absolute atomic E-state index is 0.329. The molecular formula is C54H36N2. The molecule has 56 heavy (non-hydrogen) atoms. The Balaban J connectivity index is 1.35. The second-order valence-corrected chi connectivity index (χ2v) is 16.6. The number of benzene rings is 9. The van der Waals surface area contributed by atoms with Crippen molar-refractivity contribution in [3.05, 3.63) is 179 Å². The fourth-order valence-corrected chi connectivity index (χ4v) is 10.4. The number of nitrogens with zero attached hydrogens (tertiary/aromatic N) is 2. The van der Waals surface area contributed by atoms with Crippen LogP contribution >= 0.6 is 0 Å². The lowest BCUT2D eigenvalue weighted by Gasteiger charge is -2.25. The molecule has 0 spiro atoms. The van der Waals surface area contributed by atoms with Gasteiger partial charge in [0.15, 0.2) is 0 Å². The molecule has 2 aliphatic carbocycles. The molecule has 0 aliphatic heterocycles. The van der Waals surface area contributed by atoms with E-state index >= 15 is 0 Å². The van der Waals surface area contributed by atoms with E-state index in [9.17, 15) is 10.5 Å². The van der Waals surface area contributed by atoms with Crippen LogP contribution in [-0.2, 0) is 10.8 Å². The van der Waals surface area contributed by atoms with Crippen molar-refractivity contribution < 1.29 is 0 Å². The molecule has 0 bridgehead atoms. The van der Waals surface area contributed by atoms with Gasteiger partial charge in [-0.1, -0.05) is 137 Å². The van der Waals surface area contributed by atoms with Crippen LogP contribution < -0.4 is 0 Å². The van der Waals surface area contributed by atoms with E-state index in [4.69, 9.17) is 0 Å². The van der Waals surface area contributed by atoms with Crippen molar-refractivity contribution in [3.8, 4) is 56.6 Å².